The largest absolute Gasteiger partial charge is 0.497 e. The highest BCUT2D eigenvalue weighted by atomic mass is 16.5. The Morgan fingerprint density at radius 1 is 0.903 bits per heavy atom. The minimum atomic E-state index is 0.848. The van der Waals surface area contributed by atoms with E-state index < -0.39 is 0 Å². The number of aryl methyl sites for hydroxylation is 1. The lowest BCUT2D eigenvalue weighted by atomic mass is 10.0. The van der Waals surface area contributed by atoms with E-state index in [2.05, 4.69) is 65.1 Å². The molecule has 5 heteroatoms. The highest BCUT2D eigenvalue weighted by Crippen LogP contribution is 2.36. The molecule has 0 saturated heterocycles. The van der Waals surface area contributed by atoms with E-state index in [-0.39, 0.29) is 0 Å². The summed E-state index contributed by atoms with van der Waals surface area (Å²) >= 11 is 0. The van der Waals surface area contributed by atoms with Gasteiger partial charge in [0.25, 0.3) is 0 Å². The molecule has 0 fully saturated rings. The first kappa shape index (κ1) is 20.9. The first-order valence-corrected chi connectivity index (χ1v) is 10.5. The highest BCUT2D eigenvalue weighted by molar-refractivity contribution is 5.99. The van der Waals surface area contributed by atoms with Crippen LogP contribution in [0.1, 0.15) is 6.42 Å². The van der Waals surface area contributed by atoms with E-state index >= 15 is 0 Å². The Hall–Kier alpha value is -3.31. The minimum absolute atomic E-state index is 0.848. The number of rotatable bonds is 8. The van der Waals surface area contributed by atoms with Gasteiger partial charge >= 0.3 is 0 Å². The van der Waals surface area contributed by atoms with Gasteiger partial charge in [-0.15, -0.1) is 0 Å². The van der Waals surface area contributed by atoms with Crippen LogP contribution in [-0.4, -0.2) is 49.3 Å². The van der Waals surface area contributed by atoms with Crippen molar-refractivity contribution in [2.45, 2.75) is 13.0 Å². The van der Waals surface area contributed by atoms with Crippen LogP contribution in [0, 0.1) is 0 Å². The molecule has 0 spiro atoms. The van der Waals surface area contributed by atoms with Crippen molar-refractivity contribution in [2.24, 2.45) is 0 Å². The van der Waals surface area contributed by atoms with Gasteiger partial charge in [0.05, 0.1) is 19.7 Å². The Morgan fingerprint density at radius 3 is 2.39 bits per heavy atom. The molecule has 4 rings (SSSR count). The van der Waals surface area contributed by atoms with Crippen LogP contribution in [0.2, 0.25) is 0 Å². The molecule has 0 radical (unpaired) electrons. The molecule has 2 heterocycles. The van der Waals surface area contributed by atoms with Crippen molar-refractivity contribution in [3.8, 4) is 33.8 Å². The van der Waals surface area contributed by atoms with Crippen LogP contribution in [0.25, 0.3) is 33.2 Å². The summed E-state index contributed by atoms with van der Waals surface area (Å²) < 4.78 is 13.3. The van der Waals surface area contributed by atoms with Crippen LogP contribution < -0.4 is 9.47 Å². The summed E-state index contributed by atoms with van der Waals surface area (Å²) in [7, 11) is 7.63. The number of methoxy groups -OCH3 is 2. The first-order valence-electron chi connectivity index (χ1n) is 10.5. The normalized spacial score (nSPS) is 11.3. The van der Waals surface area contributed by atoms with Gasteiger partial charge in [-0.3, -0.25) is 4.98 Å². The van der Waals surface area contributed by atoms with Crippen molar-refractivity contribution in [1.29, 1.82) is 0 Å². The van der Waals surface area contributed by atoms with Crippen molar-refractivity contribution < 1.29 is 9.47 Å². The van der Waals surface area contributed by atoms with E-state index in [4.69, 9.17) is 9.47 Å². The highest BCUT2D eigenvalue weighted by Gasteiger charge is 2.15. The third-order valence-electron chi connectivity index (χ3n) is 5.56. The molecule has 2 aromatic carbocycles. The second kappa shape index (κ2) is 9.23. The summed E-state index contributed by atoms with van der Waals surface area (Å²) in [5, 5.41) is 1.18. The van der Waals surface area contributed by atoms with Crippen molar-refractivity contribution in [2.75, 3.05) is 34.9 Å². The Morgan fingerprint density at radius 2 is 1.68 bits per heavy atom. The monoisotopic (exact) mass is 415 g/mol. The summed E-state index contributed by atoms with van der Waals surface area (Å²) in [4.78, 5) is 6.76. The van der Waals surface area contributed by atoms with Crippen LogP contribution in [-0.2, 0) is 6.54 Å². The average Bonchev–Trinajstić information content (AvgIpc) is 3.18. The molecule has 4 aromatic rings. The Balaban J connectivity index is 1.77. The van der Waals surface area contributed by atoms with E-state index in [1.54, 1.807) is 14.2 Å². The molecule has 0 atom stereocenters. The van der Waals surface area contributed by atoms with Crippen LogP contribution in [0.4, 0.5) is 0 Å². The van der Waals surface area contributed by atoms with E-state index in [1.807, 2.05) is 30.6 Å². The fourth-order valence-corrected chi connectivity index (χ4v) is 3.98. The van der Waals surface area contributed by atoms with Gasteiger partial charge in [0.15, 0.2) is 0 Å². The number of hydrogen-bond acceptors (Lipinski definition) is 4. The summed E-state index contributed by atoms with van der Waals surface area (Å²) in [5.74, 6) is 1.74. The predicted octanol–water partition coefficient (Wildman–Crippen LogP) is 5.34. The zero-order valence-electron chi connectivity index (χ0n) is 18.6. The number of ether oxygens (including phenoxy) is 2. The van der Waals surface area contributed by atoms with E-state index in [0.29, 0.717) is 0 Å². The van der Waals surface area contributed by atoms with Gasteiger partial charge < -0.3 is 18.9 Å². The quantitative estimate of drug-likeness (QED) is 0.389. The lowest BCUT2D eigenvalue weighted by Gasteiger charge is -2.11. The molecule has 0 bridgehead atoms. The van der Waals surface area contributed by atoms with Crippen molar-refractivity contribution in [1.82, 2.24) is 14.5 Å². The fraction of sp³-hybridized carbons (Fsp3) is 0.269. The second-order valence-electron chi connectivity index (χ2n) is 7.94. The summed E-state index contributed by atoms with van der Waals surface area (Å²) in [6.45, 7) is 1.97. The van der Waals surface area contributed by atoms with Gasteiger partial charge in [-0.25, -0.2) is 0 Å². The minimum Gasteiger partial charge on any atom is -0.497 e. The van der Waals surface area contributed by atoms with Gasteiger partial charge in [0, 0.05) is 47.2 Å². The Bertz CT molecular complexity index is 1160. The zero-order chi connectivity index (χ0) is 21.8. The van der Waals surface area contributed by atoms with Crippen molar-refractivity contribution in [3.05, 3.63) is 67.1 Å². The lowest BCUT2D eigenvalue weighted by molar-refractivity contribution is 0.386. The van der Waals surface area contributed by atoms with Crippen molar-refractivity contribution in [3.63, 3.8) is 0 Å². The Kier molecular flexibility index (Phi) is 6.23. The summed E-state index contributed by atoms with van der Waals surface area (Å²) in [6.07, 6.45) is 7.14. The van der Waals surface area contributed by atoms with E-state index in [0.717, 1.165) is 53.2 Å². The van der Waals surface area contributed by atoms with Gasteiger partial charge in [-0.2, -0.15) is 0 Å². The SMILES string of the molecule is COc1ccc(-c2cncc(-c3cn(CCCN(C)C)c4c(OC)cccc34)c2)cc1. The molecule has 31 heavy (non-hydrogen) atoms. The maximum Gasteiger partial charge on any atom is 0.143 e. The Labute approximate surface area is 183 Å². The topological polar surface area (TPSA) is 39.5 Å². The van der Waals surface area contributed by atoms with Gasteiger partial charge in [0.1, 0.15) is 11.5 Å². The number of para-hydroxylation sites is 1. The lowest BCUT2D eigenvalue weighted by Crippen LogP contribution is -2.14. The number of fused-ring (bicyclic) bond motifs is 1. The molecule has 0 unspecified atom stereocenters. The maximum atomic E-state index is 5.70. The van der Waals surface area contributed by atoms with Crippen LogP contribution in [0.3, 0.4) is 0 Å². The number of aromatic nitrogens is 2. The molecular formula is C26H29N3O2. The standard InChI is InChI=1S/C26H29N3O2/c1-28(2)13-6-14-29-18-24(23-7-5-8-25(31-4)26(23)29)21-15-20(16-27-17-21)19-9-11-22(30-3)12-10-19/h5,7-12,15-18H,6,13-14H2,1-4H3. The van der Waals surface area contributed by atoms with Gasteiger partial charge in [-0.05, 0) is 56.9 Å². The third-order valence-corrected chi connectivity index (χ3v) is 5.56. The van der Waals surface area contributed by atoms with E-state index in [9.17, 15) is 0 Å². The van der Waals surface area contributed by atoms with Crippen LogP contribution in [0.15, 0.2) is 67.1 Å². The number of hydrogen-bond donors (Lipinski definition) is 0. The van der Waals surface area contributed by atoms with E-state index in [1.165, 1.54) is 10.9 Å². The molecular weight excluding hydrogens is 386 g/mol. The molecule has 0 amide bonds. The molecule has 0 saturated carbocycles. The molecule has 0 N–H and O–H groups in total. The van der Waals surface area contributed by atoms with Gasteiger partial charge in [0.2, 0.25) is 0 Å². The van der Waals surface area contributed by atoms with Crippen LogP contribution in [0.5, 0.6) is 11.5 Å². The molecule has 2 aromatic heterocycles. The van der Waals surface area contributed by atoms with Crippen LogP contribution >= 0.6 is 0 Å². The summed E-state index contributed by atoms with van der Waals surface area (Å²) in [5.41, 5.74) is 5.59. The van der Waals surface area contributed by atoms with Crippen molar-refractivity contribution >= 4 is 10.9 Å². The fourth-order valence-electron chi connectivity index (χ4n) is 3.98. The number of pyridine rings is 1. The molecule has 0 aliphatic heterocycles. The molecule has 0 aliphatic carbocycles. The third kappa shape index (κ3) is 4.42. The summed E-state index contributed by atoms with van der Waals surface area (Å²) in [6, 6.07) is 16.5. The predicted molar refractivity (Wildman–Crippen MR) is 127 cm³/mol. The average molecular weight is 416 g/mol. The molecule has 160 valence electrons. The number of benzene rings is 2. The molecule has 5 nitrogen and oxygen atoms in total. The number of nitrogens with zero attached hydrogens (tertiary/aromatic N) is 3. The second-order valence-corrected chi connectivity index (χ2v) is 7.94. The maximum absolute atomic E-state index is 5.70. The van der Waals surface area contributed by atoms with Gasteiger partial charge in [-0.1, -0.05) is 24.3 Å². The smallest absolute Gasteiger partial charge is 0.143 e. The first-order chi connectivity index (χ1) is 15.1. The molecule has 0 aliphatic rings. The zero-order valence-corrected chi connectivity index (χ0v) is 18.6.